The van der Waals surface area contributed by atoms with E-state index in [-0.39, 0.29) is 11.1 Å². The molecule has 0 unspecified atom stereocenters. The zero-order chi connectivity index (χ0) is 14.7. The quantitative estimate of drug-likeness (QED) is 0.806. The van der Waals surface area contributed by atoms with E-state index in [9.17, 15) is 13.6 Å². The topological polar surface area (TPSA) is 35.5 Å². The fraction of sp³-hybridized carbons (Fsp3) is 0.133. The summed E-state index contributed by atoms with van der Waals surface area (Å²) in [6.45, 7) is 0. The molecule has 20 heavy (non-hydrogen) atoms. The zero-order valence-electron chi connectivity index (χ0n) is 10.9. The van der Waals surface area contributed by atoms with Crippen molar-refractivity contribution in [3.8, 4) is 11.5 Å². The largest absolute Gasteiger partial charge is 0.497 e. The Morgan fingerprint density at radius 3 is 2.15 bits per heavy atom. The Kier molecular flexibility index (Phi) is 3.98. The number of halogens is 2. The normalized spacial score (nSPS) is 10.2. The molecule has 0 heterocycles. The Labute approximate surface area is 114 Å². The molecule has 2 aromatic carbocycles. The van der Waals surface area contributed by atoms with Crippen molar-refractivity contribution < 1.29 is 23.0 Å². The van der Waals surface area contributed by atoms with Crippen LogP contribution in [0.15, 0.2) is 36.4 Å². The average molecular weight is 278 g/mol. The maximum atomic E-state index is 13.6. The second-order valence-corrected chi connectivity index (χ2v) is 4.03. The highest BCUT2D eigenvalue weighted by atomic mass is 19.2. The van der Waals surface area contributed by atoms with Gasteiger partial charge in [-0.2, -0.15) is 0 Å². The lowest BCUT2D eigenvalue weighted by atomic mass is 10.0. The third-order valence-corrected chi connectivity index (χ3v) is 2.81. The summed E-state index contributed by atoms with van der Waals surface area (Å²) in [4.78, 5) is 12.2. The molecule has 2 aromatic rings. The van der Waals surface area contributed by atoms with Crippen molar-refractivity contribution in [1.82, 2.24) is 0 Å². The Balaban J connectivity index is 2.50. The molecule has 0 amide bonds. The molecular weight excluding hydrogens is 266 g/mol. The van der Waals surface area contributed by atoms with Gasteiger partial charge in [-0.25, -0.2) is 8.78 Å². The van der Waals surface area contributed by atoms with Crippen LogP contribution in [0.25, 0.3) is 0 Å². The van der Waals surface area contributed by atoms with Gasteiger partial charge in [-0.1, -0.05) is 6.07 Å². The van der Waals surface area contributed by atoms with Crippen molar-refractivity contribution in [2.24, 2.45) is 0 Å². The molecule has 0 bridgehead atoms. The minimum Gasteiger partial charge on any atom is -0.497 e. The minimum atomic E-state index is -1.17. The number of ketones is 1. The third kappa shape index (κ3) is 2.61. The van der Waals surface area contributed by atoms with Crippen molar-refractivity contribution in [2.45, 2.75) is 0 Å². The van der Waals surface area contributed by atoms with Crippen LogP contribution in [0, 0.1) is 11.6 Å². The van der Waals surface area contributed by atoms with Gasteiger partial charge in [0, 0.05) is 11.6 Å². The van der Waals surface area contributed by atoms with Crippen LogP contribution in [-0.4, -0.2) is 20.0 Å². The van der Waals surface area contributed by atoms with Crippen LogP contribution in [0.2, 0.25) is 0 Å². The summed E-state index contributed by atoms with van der Waals surface area (Å²) in [7, 11) is 2.87. The average Bonchev–Trinajstić information content (AvgIpc) is 2.48. The molecule has 5 heteroatoms. The number of hydrogen-bond donors (Lipinski definition) is 0. The number of carbonyl (C=O) groups excluding carboxylic acids is 1. The number of rotatable bonds is 4. The van der Waals surface area contributed by atoms with Crippen LogP contribution in [0.3, 0.4) is 0 Å². The van der Waals surface area contributed by atoms with Gasteiger partial charge in [0.25, 0.3) is 0 Å². The lowest BCUT2D eigenvalue weighted by Gasteiger charge is -2.08. The Bertz CT molecular complexity index is 631. The van der Waals surface area contributed by atoms with Crippen molar-refractivity contribution in [3.63, 3.8) is 0 Å². The molecule has 2 rings (SSSR count). The number of hydrogen-bond acceptors (Lipinski definition) is 3. The van der Waals surface area contributed by atoms with Crippen LogP contribution in [0.5, 0.6) is 11.5 Å². The first-order valence-electron chi connectivity index (χ1n) is 5.78. The maximum absolute atomic E-state index is 13.6. The standard InChI is InChI=1S/C15H12F2O3/c1-19-10-6-9(7-11(8-10)20-2)15(18)12-4-3-5-13(16)14(12)17/h3-8H,1-2H3. The van der Waals surface area contributed by atoms with Gasteiger partial charge in [0.2, 0.25) is 0 Å². The fourth-order valence-corrected chi connectivity index (χ4v) is 1.77. The molecule has 0 saturated carbocycles. The van der Waals surface area contributed by atoms with E-state index in [1.165, 1.54) is 38.5 Å². The van der Waals surface area contributed by atoms with E-state index in [1.54, 1.807) is 6.07 Å². The highest BCUT2D eigenvalue weighted by Gasteiger charge is 2.18. The lowest BCUT2D eigenvalue weighted by molar-refractivity contribution is 0.103. The van der Waals surface area contributed by atoms with Gasteiger partial charge in [0.05, 0.1) is 19.8 Å². The second-order valence-electron chi connectivity index (χ2n) is 4.03. The van der Waals surface area contributed by atoms with Crippen LogP contribution in [0.1, 0.15) is 15.9 Å². The minimum absolute atomic E-state index is 0.158. The van der Waals surface area contributed by atoms with Crippen molar-refractivity contribution in [2.75, 3.05) is 14.2 Å². The molecule has 0 N–H and O–H groups in total. The Morgan fingerprint density at radius 1 is 1.00 bits per heavy atom. The van der Waals surface area contributed by atoms with Crippen molar-refractivity contribution in [1.29, 1.82) is 0 Å². The maximum Gasteiger partial charge on any atom is 0.196 e. The highest BCUT2D eigenvalue weighted by molar-refractivity contribution is 6.09. The Morgan fingerprint density at radius 2 is 1.60 bits per heavy atom. The molecule has 104 valence electrons. The molecule has 0 aliphatic carbocycles. The number of benzene rings is 2. The van der Waals surface area contributed by atoms with Gasteiger partial charge >= 0.3 is 0 Å². The van der Waals surface area contributed by atoms with Crippen molar-refractivity contribution >= 4 is 5.78 Å². The number of methoxy groups -OCH3 is 2. The van der Waals surface area contributed by atoms with Crippen LogP contribution in [0.4, 0.5) is 8.78 Å². The van der Waals surface area contributed by atoms with Gasteiger partial charge in [0.1, 0.15) is 11.5 Å². The zero-order valence-corrected chi connectivity index (χ0v) is 10.9. The van der Waals surface area contributed by atoms with Gasteiger partial charge in [0.15, 0.2) is 17.4 Å². The molecule has 0 spiro atoms. The smallest absolute Gasteiger partial charge is 0.196 e. The molecule has 0 atom stereocenters. The summed E-state index contributed by atoms with van der Waals surface area (Å²) in [5.41, 5.74) is -0.175. The van der Waals surface area contributed by atoms with E-state index in [0.717, 1.165) is 6.07 Å². The lowest BCUT2D eigenvalue weighted by Crippen LogP contribution is -2.06. The van der Waals surface area contributed by atoms with E-state index in [4.69, 9.17) is 9.47 Å². The Hall–Kier alpha value is -2.43. The number of carbonyl (C=O) groups is 1. The summed E-state index contributed by atoms with van der Waals surface area (Å²) >= 11 is 0. The molecule has 3 nitrogen and oxygen atoms in total. The van der Waals surface area contributed by atoms with Crippen LogP contribution in [-0.2, 0) is 0 Å². The summed E-state index contributed by atoms with van der Waals surface area (Å²) < 4.78 is 36.9. The first kappa shape index (κ1) is 14.0. The van der Waals surface area contributed by atoms with Crippen LogP contribution < -0.4 is 9.47 Å². The SMILES string of the molecule is COc1cc(OC)cc(C(=O)c2cccc(F)c2F)c1. The van der Waals surface area contributed by atoms with E-state index in [2.05, 4.69) is 0 Å². The van der Waals surface area contributed by atoms with E-state index >= 15 is 0 Å². The number of ether oxygens (including phenoxy) is 2. The third-order valence-electron chi connectivity index (χ3n) is 2.81. The first-order chi connectivity index (χ1) is 9.56. The van der Waals surface area contributed by atoms with Crippen molar-refractivity contribution in [3.05, 3.63) is 59.2 Å². The van der Waals surface area contributed by atoms with Gasteiger partial charge in [-0.05, 0) is 24.3 Å². The van der Waals surface area contributed by atoms with E-state index < -0.39 is 17.4 Å². The molecule has 0 saturated heterocycles. The predicted molar refractivity (Wildman–Crippen MR) is 69.3 cm³/mol. The van der Waals surface area contributed by atoms with Crippen LogP contribution >= 0.6 is 0 Å². The molecule has 0 aromatic heterocycles. The molecule has 0 aliphatic rings. The van der Waals surface area contributed by atoms with Gasteiger partial charge in [-0.15, -0.1) is 0 Å². The molecule has 0 aliphatic heterocycles. The molecule has 0 fully saturated rings. The second kappa shape index (κ2) is 5.69. The molecular formula is C15H12F2O3. The van der Waals surface area contributed by atoms with E-state index in [1.807, 2.05) is 0 Å². The van der Waals surface area contributed by atoms with E-state index in [0.29, 0.717) is 11.5 Å². The predicted octanol–water partition coefficient (Wildman–Crippen LogP) is 3.21. The summed E-state index contributed by atoms with van der Waals surface area (Å²) in [6.07, 6.45) is 0. The van der Waals surface area contributed by atoms with Gasteiger partial charge in [-0.3, -0.25) is 4.79 Å². The monoisotopic (exact) mass is 278 g/mol. The highest BCUT2D eigenvalue weighted by Crippen LogP contribution is 2.25. The summed E-state index contributed by atoms with van der Waals surface area (Å²) in [5, 5.41) is 0. The molecule has 0 radical (unpaired) electrons. The summed E-state index contributed by atoms with van der Waals surface area (Å²) in [6, 6.07) is 7.93. The first-order valence-corrected chi connectivity index (χ1v) is 5.78. The summed E-state index contributed by atoms with van der Waals surface area (Å²) in [5.74, 6) is -2.08. The van der Waals surface area contributed by atoms with Gasteiger partial charge < -0.3 is 9.47 Å². The fourth-order valence-electron chi connectivity index (χ4n) is 1.77.